The minimum absolute atomic E-state index is 0.332. The summed E-state index contributed by atoms with van der Waals surface area (Å²) in [5.41, 5.74) is 0.950. The van der Waals surface area contributed by atoms with Crippen LogP contribution in [0.2, 0.25) is 0 Å². The second kappa shape index (κ2) is 3.31. The minimum Gasteiger partial charge on any atom is -0.398 e. The molecule has 1 saturated heterocycles. The highest BCUT2D eigenvalue weighted by atomic mass is 16.7. The van der Waals surface area contributed by atoms with E-state index in [0.717, 1.165) is 11.3 Å². The first-order valence-electron chi connectivity index (χ1n) is 5.46. The highest BCUT2D eigenvalue weighted by molar-refractivity contribution is 6.61. The van der Waals surface area contributed by atoms with Crippen LogP contribution in [0.1, 0.15) is 33.4 Å². The number of rotatable bonds is 1. The molecule has 16 heavy (non-hydrogen) atoms. The Bertz CT molecular complexity index is 398. The monoisotopic (exact) mass is 223 g/mol. The Balaban J connectivity index is 2.30. The predicted octanol–water partition coefficient (Wildman–Crippen LogP) is 0.423. The Labute approximate surface area is 96.3 Å². The van der Waals surface area contributed by atoms with Crippen LogP contribution < -0.4 is 5.59 Å². The summed E-state index contributed by atoms with van der Waals surface area (Å²) in [5, 5.41) is 8.48. The summed E-state index contributed by atoms with van der Waals surface area (Å²) in [7, 11) is 1.38. The topological polar surface area (TPSA) is 49.2 Å². The predicted molar refractivity (Wildman–Crippen MR) is 61.5 cm³/mol. The normalized spacial score (nSPS) is 22.8. The maximum Gasteiger partial charge on any atom is 0.518 e. The molecule has 1 aromatic heterocycles. The average Bonchev–Trinajstić information content (AvgIpc) is 2.51. The van der Waals surface area contributed by atoms with Crippen molar-refractivity contribution in [1.82, 2.24) is 15.0 Å². The van der Waals surface area contributed by atoms with Crippen molar-refractivity contribution >= 4 is 12.7 Å². The fraction of sp³-hybridized carbons (Fsp3) is 0.800. The Morgan fingerprint density at radius 1 is 1.06 bits per heavy atom. The van der Waals surface area contributed by atoms with Crippen LogP contribution in [0.5, 0.6) is 0 Å². The Kier molecular flexibility index (Phi) is 2.40. The van der Waals surface area contributed by atoms with Crippen LogP contribution in [-0.4, -0.2) is 33.3 Å². The molecule has 5 nitrogen and oxygen atoms in total. The van der Waals surface area contributed by atoms with Crippen LogP contribution in [0.4, 0.5) is 0 Å². The van der Waals surface area contributed by atoms with Crippen molar-refractivity contribution in [3.8, 4) is 0 Å². The molecule has 0 aliphatic carbocycles. The molecule has 2 rings (SSSR count). The van der Waals surface area contributed by atoms with Gasteiger partial charge in [-0.15, -0.1) is 0 Å². The molecule has 2 heterocycles. The molecule has 0 spiro atoms. The lowest BCUT2D eigenvalue weighted by molar-refractivity contribution is 0.00578. The first-order valence-corrected chi connectivity index (χ1v) is 5.46. The van der Waals surface area contributed by atoms with Gasteiger partial charge in [0.1, 0.15) is 5.59 Å². The zero-order valence-corrected chi connectivity index (χ0v) is 10.7. The summed E-state index contributed by atoms with van der Waals surface area (Å²) in [5.74, 6) is 0. The quantitative estimate of drug-likeness (QED) is 0.647. The van der Waals surface area contributed by atoms with Crippen molar-refractivity contribution < 1.29 is 9.31 Å². The molecule has 6 heteroatoms. The number of hydrogen-bond donors (Lipinski definition) is 0. The molecule has 0 N–H and O–H groups in total. The van der Waals surface area contributed by atoms with E-state index in [4.69, 9.17) is 9.31 Å². The third kappa shape index (κ3) is 1.66. The molecule has 0 unspecified atom stereocenters. The number of aromatic nitrogens is 3. The van der Waals surface area contributed by atoms with Crippen LogP contribution in [0.15, 0.2) is 0 Å². The van der Waals surface area contributed by atoms with Gasteiger partial charge < -0.3 is 9.31 Å². The van der Waals surface area contributed by atoms with E-state index >= 15 is 0 Å². The second-order valence-corrected chi connectivity index (χ2v) is 5.25. The second-order valence-electron chi connectivity index (χ2n) is 5.25. The van der Waals surface area contributed by atoms with Crippen molar-refractivity contribution in [2.24, 2.45) is 7.05 Å². The number of nitrogens with zero attached hydrogens (tertiary/aromatic N) is 3. The highest BCUT2D eigenvalue weighted by Crippen LogP contribution is 2.36. The Hall–Kier alpha value is -0.875. The van der Waals surface area contributed by atoms with Gasteiger partial charge in [-0.3, -0.25) is 0 Å². The summed E-state index contributed by atoms with van der Waals surface area (Å²) >= 11 is 0. The van der Waals surface area contributed by atoms with Crippen LogP contribution in [0, 0.1) is 6.92 Å². The van der Waals surface area contributed by atoms with E-state index in [2.05, 4.69) is 10.2 Å². The van der Waals surface area contributed by atoms with Crippen LogP contribution in [0.3, 0.4) is 0 Å². The van der Waals surface area contributed by atoms with Crippen molar-refractivity contribution in [1.29, 1.82) is 0 Å². The SMILES string of the molecule is Cc1nn(C)nc1B1OC(C)(C)C(C)(C)O1. The fourth-order valence-electron chi connectivity index (χ4n) is 1.69. The maximum absolute atomic E-state index is 5.91. The van der Waals surface area contributed by atoms with E-state index < -0.39 is 7.12 Å². The van der Waals surface area contributed by atoms with E-state index in [1.54, 1.807) is 7.05 Å². The minimum atomic E-state index is -0.418. The highest BCUT2D eigenvalue weighted by Gasteiger charge is 2.53. The van der Waals surface area contributed by atoms with Crippen LogP contribution >= 0.6 is 0 Å². The Morgan fingerprint density at radius 2 is 1.56 bits per heavy atom. The molecule has 0 atom stereocenters. The maximum atomic E-state index is 5.91. The zero-order chi connectivity index (χ0) is 12.1. The zero-order valence-electron chi connectivity index (χ0n) is 10.7. The van der Waals surface area contributed by atoms with Gasteiger partial charge in [0.05, 0.1) is 16.9 Å². The van der Waals surface area contributed by atoms with Crippen molar-refractivity contribution in [2.75, 3.05) is 0 Å². The molecule has 0 amide bonds. The molecular formula is C10H18BN3O2. The largest absolute Gasteiger partial charge is 0.518 e. The molecule has 1 fully saturated rings. The van der Waals surface area contributed by atoms with Gasteiger partial charge >= 0.3 is 7.12 Å². The van der Waals surface area contributed by atoms with Gasteiger partial charge in [-0.1, -0.05) is 0 Å². The van der Waals surface area contributed by atoms with Gasteiger partial charge in [0.15, 0.2) is 0 Å². The molecule has 0 bridgehead atoms. The van der Waals surface area contributed by atoms with Gasteiger partial charge in [-0.05, 0) is 34.6 Å². The molecule has 0 radical (unpaired) electrons. The standard InChI is InChI=1S/C10H18BN3O2/c1-7-8(13-14(6)12-7)11-15-9(2,3)10(4,5)16-11/h1-6H3. The van der Waals surface area contributed by atoms with E-state index in [-0.39, 0.29) is 11.2 Å². The van der Waals surface area contributed by atoms with Gasteiger partial charge in [0, 0.05) is 7.05 Å². The summed E-state index contributed by atoms with van der Waals surface area (Å²) in [6.45, 7) is 10.0. The van der Waals surface area contributed by atoms with Crippen molar-refractivity contribution in [3.63, 3.8) is 0 Å². The fourth-order valence-corrected chi connectivity index (χ4v) is 1.69. The van der Waals surface area contributed by atoms with Crippen molar-refractivity contribution in [3.05, 3.63) is 5.69 Å². The average molecular weight is 223 g/mol. The van der Waals surface area contributed by atoms with Crippen LogP contribution in [-0.2, 0) is 16.4 Å². The van der Waals surface area contributed by atoms with Gasteiger partial charge in [0.25, 0.3) is 0 Å². The summed E-state index contributed by atoms with van der Waals surface area (Å²) < 4.78 is 11.8. The Morgan fingerprint density at radius 3 is 1.94 bits per heavy atom. The lowest BCUT2D eigenvalue weighted by Crippen LogP contribution is -2.41. The first kappa shape index (κ1) is 11.6. The van der Waals surface area contributed by atoms with Crippen molar-refractivity contribution in [2.45, 2.75) is 45.8 Å². The molecule has 0 aromatic carbocycles. The molecule has 1 aliphatic heterocycles. The summed E-state index contributed by atoms with van der Waals surface area (Å²) in [4.78, 5) is 1.54. The first-order chi connectivity index (χ1) is 7.23. The number of aryl methyl sites for hydroxylation is 2. The van der Waals surface area contributed by atoms with Gasteiger partial charge in [-0.2, -0.15) is 15.0 Å². The molecular weight excluding hydrogens is 205 g/mol. The van der Waals surface area contributed by atoms with E-state index in [1.165, 1.54) is 4.80 Å². The summed E-state index contributed by atoms with van der Waals surface area (Å²) in [6, 6.07) is 0. The summed E-state index contributed by atoms with van der Waals surface area (Å²) in [6.07, 6.45) is 0. The van der Waals surface area contributed by atoms with E-state index in [9.17, 15) is 0 Å². The smallest absolute Gasteiger partial charge is 0.398 e. The molecule has 88 valence electrons. The molecule has 0 saturated carbocycles. The third-order valence-corrected chi connectivity index (χ3v) is 3.39. The number of hydrogen-bond acceptors (Lipinski definition) is 4. The molecule has 1 aromatic rings. The van der Waals surface area contributed by atoms with Gasteiger partial charge in [0.2, 0.25) is 0 Å². The van der Waals surface area contributed by atoms with E-state index in [0.29, 0.717) is 0 Å². The lowest BCUT2D eigenvalue weighted by Gasteiger charge is -2.32. The lowest BCUT2D eigenvalue weighted by atomic mass is 9.83. The van der Waals surface area contributed by atoms with Crippen LogP contribution in [0.25, 0.3) is 0 Å². The van der Waals surface area contributed by atoms with E-state index in [1.807, 2.05) is 34.6 Å². The van der Waals surface area contributed by atoms with Gasteiger partial charge in [-0.25, -0.2) is 0 Å². The third-order valence-electron chi connectivity index (χ3n) is 3.39. The molecule has 1 aliphatic rings.